The van der Waals surface area contributed by atoms with E-state index >= 15 is 0 Å². The summed E-state index contributed by atoms with van der Waals surface area (Å²) in [4.78, 5) is 0. The summed E-state index contributed by atoms with van der Waals surface area (Å²) in [6.45, 7) is 2.27. The zero-order valence-electron chi connectivity index (χ0n) is 12.2. The lowest BCUT2D eigenvalue weighted by molar-refractivity contribution is 0.261. The van der Waals surface area contributed by atoms with Gasteiger partial charge in [0.25, 0.3) is 0 Å². The van der Waals surface area contributed by atoms with Gasteiger partial charge in [0, 0.05) is 5.92 Å². The van der Waals surface area contributed by atoms with Crippen molar-refractivity contribution in [3.63, 3.8) is 0 Å². The van der Waals surface area contributed by atoms with Crippen LogP contribution in [-0.2, 0) is 12.8 Å². The molecule has 1 unspecified atom stereocenters. The van der Waals surface area contributed by atoms with Crippen molar-refractivity contribution in [2.75, 3.05) is 13.7 Å². The monoisotopic (exact) mass is 270 g/mol. The van der Waals surface area contributed by atoms with Crippen LogP contribution in [0.4, 0.5) is 0 Å². The van der Waals surface area contributed by atoms with E-state index in [1.165, 1.54) is 11.1 Å². The van der Waals surface area contributed by atoms with Crippen LogP contribution in [0.25, 0.3) is 0 Å². The molecule has 1 N–H and O–H groups in total. The van der Waals surface area contributed by atoms with Crippen LogP contribution in [0.3, 0.4) is 0 Å². The average Bonchev–Trinajstić information content (AvgIpc) is 2.53. The predicted molar refractivity (Wildman–Crippen MR) is 82.3 cm³/mol. The Bertz CT molecular complexity index is 531. The number of methoxy groups -OCH3 is 1. The number of rotatable bonds is 6. The highest BCUT2D eigenvalue weighted by Crippen LogP contribution is 2.29. The largest absolute Gasteiger partial charge is 0.496 e. The lowest BCUT2D eigenvalue weighted by atomic mass is 9.91. The summed E-state index contributed by atoms with van der Waals surface area (Å²) in [5.74, 6) is 0.912. The molecule has 0 spiro atoms. The number of hydrogen-bond donors (Lipinski definition) is 1. The Kier molecular flexibility index (Phi) is 5.19. The van der Waals surface area contributed by atoms with E-state index in [9.17, 15) is 5.11 Å². The van der Waals surface area contributed by atoms with Crippen LogP contribution in [0.2, 0.25) is 0 Å². The molecule has 2 aromatic rings. The third-order valence-corrected chi connectivity index (χ3v) is 3.71. The molecule has 0 bridgehead atoms. The first-order valence-corrected chi connectivity index (χ1v) is 7.10. The van der Waals surface area contributed by atoms with Gasteiger partial charge in [-0.05, 0) is 35.6 Å². The van der Waals surface area contributed by atoms with Crippen LogP contribution in [0.5, 0.6) is 5.75 Å². The molecule has 0 aliphatic carbocycles. The molecule has 20 heavy (non-hydrogen) atoms. The second-order valence-electron chi connectivity index (χ2n) is 5.00. The first kappa shape index (κ1) is 14.6. The second-order valence-corrected chi connectivity index (χ2v) is 5.00. The van der Waals surface area contributed by atoms with Crippen molar-refractivity contribution >= 4 is 0 Å². The molecule has 2 aromatic carbocycles. The molecule has 0 aliphatic rings. The molecule has 0 saturated carbocycles. The Morgan fingerprint density at radius 3 is 2.25 bits per heavy atom. The molecule has 2 heteroatoms. The van der Waals surface area contributed by atoms with Crippen molar-refractivity contribution in [1.29, 1.82) is 0 Å². The van der Waals surface area contributed by atoms with Gasteiger partial charge in [0.2, 0.25) is 0 Å². The van der Waals surface area contributed by atoms with Gasteiger partial charge in [-0.25, -0.2) is 0 Å². The van der Waals surface area contributed by atoms with Crippen LogP contribution >= 0.6 is 0 Å². The van der Waals surface area contributed by atoms with Gasteiger partial charge in [-0.2, -0.15) is 0 Å². The Labute approximate surface area is 121 Å². The van der Waals surface area contributed by atoms with E-state index in [0.717, 1.165) is 24.2 Å². The van der Waals surface area contributed by atoms with E-state index in [1.54, 1.807) is 7.11 Å². The molecule has 106 valence electrons. The topological polar surface area (TPSA) is 29.5 Å². The summed E-state index contributed by atoms with van der Waals surface area (Å²) in [6.07, 6.45) is 1.87. The van der Waals surface area contributed by atoms with Gasteiger partial charge in [-0.3, -0.25) is 0 Å². The van der Waals surface area contributed by atoms with Crippen LogP contribution in [0, 0.1) is 0 Å². The summed E-state index contributed by atoms with van der Waals surface area (Å²) in [7, 11) is 1.67. The summed E-state index contributed by atoms with van der Waals surface area (Å²) < 4.78 is 5.39. The summed E-state index contributed by atoms with van der Waals surface area (Å²) >= 11 is 0. The first-order valence-electron chi connectivity index (χ1n) is 7.10. The van der Waals surface area contributed by atoms with Gasteiger partial charge < -0.3 is 9.84 Å². The van der Waals surface area contributed by atoms with Crippen LogP contribution in [0.15, 0.2) is 48.5 Å². The van der Waals surface area contributed by atoms with E-state index in [0.29, 0.717) is 0 Å². The van der Waals surface area contributed by atoms with Crippen molar-refractivity contribution in [2.24, 2.45) is 0 Å². The minimum Gasteiger partial charge on any atom is -0.496 e. The van der Waals surface area contributed by atoms with Gasteiger partial charge in [0.15, 0.2) is 0 Å². The number of aliphatic hydroxyl groups excluding tert-OH is 1. The van der Waals surface area contributed by atoms with Gasteiger partial charge >= 0.3 is 0 Å². The fourth-order valence-corrected chi connectivity index (χ4v) is 2.47. The van der Waals surface area contributed by atoms with E-state index in [2.05, 4.69) is 31.2 Å². The molecule has 2 nitrogen and oxygen atoms in total. The zero-order valence-corrected chi connectivity index (χ0v) is 12.2. The van der Waals surface area contributed by atoms with Crippen molar-refractivity contribution < 1.29 is 9.84 Å². The Morgan fingerprint density at radius 1 is 1.00 bits per heavy atom. The summed E-state index contributed by atoms with van der Waals surface area (Å²) in [5.41, 5.74) is 3.65. The Morgan fingerprint density at radius 2 is 1.65 bits per heavy atom. The highest BCUT2D eigenvalue weighted by molar-refractivity contribution is 5.37. The van der Waals surface area contributed by atoms with Gasteiger partial charge in [0.1, 0.15) is 5.75 Å². The van der Waals surface area contributed by atoms with Crippen molar-refractivity contribution in [3.05, 3.63) is 65.2 Å². The number of ether oxygens (including phenoxy) is 1. The van der Waals surface area contributed by atoms with Crippen molar-refractivity contribution in [3.8, 4) is 5.75 Å². The molecule has 0 saturated heterocycles. The third-order valence-electron chi connectivity index (χ3n) is 3.71. The quantitative estimate of drug-likeness (QED) is 0.869. The smallest absolute Gasteiger partial charge is 0.122 e. The molecule has 0 radical (unpaired) electrons. The minimum absolute atomic E-state index is 0.0682. The number of hydrogen-bond acceptors (Lipinski definition) is 2. The molecule has 0 aromatic heterocycles. The van der Waals surface area contributed by atoms with Crippen LogP contribution < -0.4 is 4.74 Å². The molecule has 1 atom stereocenters. The summed E-state index contributed by atoms with van der Waals surface area (Å²) in [6, 6.07) is 16.5. The molecular formula is C18H22O2. The van der Waals surface area contributed by atoms with Gasteiger partial charge in [-0.15, -0.1) is 0 Å². The standard InChI is InChI=1S/C18H22O2/c1-3-14-8-10-15(11-9-14)12-16(13-19)17-6-4-5-7-18(17)20-2/h4-11,16,19H,3,12-13H2,1-2H3. The summed E-state index contributed by atoms with van der Waals surface area (Å²) in [5, 5.41) is 9.71. The third kappa shape index (κ3) is 3.40. The minimum atomic E-state index is 0.0682. The fraction of sp³-hybridized carbons (Fsp3) is 0.333. The molecule has 0 aliphatic heterocycles. The van der Waals surface area contributed by atoms with Crippen LogP contribution in [0.1, 0.15) is 29.5 Å². The number of para-hydroxylation sites is 1. The molecule has 0 amide bonds. The fourth-order valence-electron chi connectivity index (χ4n) is 2.47. The Hall–Kier alpha value is -1.80. The van der Waals surface area contributed by atoms with Crippen LogP contribution in [-0.4, -0.2) is 18.8 Å². The SMILES string of the molecule is CCc1ccc(CC(CO)c2ccccc2OC)cc1. The Balaban J connectivity index is 2.19. The second kappa shape index (κ2) is 7.11. The lowest BCUT2D eigenvalue weighted by Gasteiger charge is -2.18. The highest BCUT2D eigenvalue weighted by Gasteiger charge is 2.15. The predicted octanol–water partition coefficient (Wildman–Crippen LogP) is 3.58. The molecule has 0 fully saturated rings. The highest BCUT2D eigenvalue weighted by atomic mass is 16.5. The van der Waals surface area contributed by atoms with Crippen molar-refractivity contribution in [1.82, 2.24) is 0 Å². The normalized spacial score (nSPS) is 12.2. The number of benzene rings is 2. The average molecular weight is 270 g/mol. The van der Waals surface area contributed by atoms with E-state index in [-0.39, 0.29) is 12.5 Å². The van der Waals surface area contributed by atoms with Crippen molar-refractivity contribution in [2.45, 2.75) is 25.7 Å². The maximum atomic E-state index is 9.71. The zero-order chi connectivity index (χ0) is 14.4. The lowest BCUT2D eigenvalue weighted by Crippen LogP contribution is -2.09. The van der Waals surface area contributed by atoms with E-state index in [4.69, 9.17) is 4.74 Å². The van der Waals surface area contributed by atoms with E-state index < -0.39 is 0 Å². The van der Waals surface area contributed by atoms with Gasteiger partial charge in [0.05, 0.1) is 13.7 Å². The van der Waals surface area contributed by atoms with E-state index in [1.807, 2.05) is 24.3 Å². The molecule has 2 rings (SSSR count). The maximum Gasteiger partial charge on any atom is 0.122 e. The first-order chi connectivity index (χ1) is 9.78. The molecule has 0 heterocycles. The maximum absolute atomic E-state index is 9.71. The number of aryl methyl sites for hydroxylation is 1. The molecular weight excluding hydrogens is 248 g/mol. The van der Waals surface area contributed by atoms with Gasteiger partial charge in [-0.1, -0.05) is 49.4 Å². The number of aliphatic hydroxyl groups is 1.